The van der Waals surface area contributed by atoms with Crippen LogP contribution in [0.15, 0.2) is 55.1 Å². The van der Waals surface area contributed by atoms with E-state index in [0.717, 1.165) is 5.56 Å². The van der Waals surface area contributed by atoms with Gasteiger partial charge < -0.3 is 10.6 Å². The number of aromatic nitrogens is 1. The fraction of sp³-hybridized carbons (Fsp3) is 0.0952. The minimum atomic E-state index is -0.934. The molecule has 0 unspecified atom stereocenters. The quantitative estimate of drug-likeness (QED) is 0.411. The molecule has 0 saturated carbocycles. The summed E-state index contributed by atoms with van der Waals surface area (Å²) in [5.74, 6) is -2.30. The van der Waals surface area contributed by atoms with E-state index < -0.39 is 17.7 Å². The van der Waals surface area contributed by atoms with Crippen molar-refractivity contribution in [3.63, 3.8) is 0 Å². The van der Waals surface area contributed by atoms with Crippen molar-refractivity contribution in [2.24, 2.45) is 0 Å². The summed E-state index contributed by atoms with van der Waals surface area (Å²) in [5, 5.41) is 6.70. The van der Waals surface area contributed by atoms with Crippen molar-refractivity contribution in [1.29, 1.82) is 0 Å². The van der Waals surface area contributed by atoms with Crippen molar-refractivity contribution in [3.05, 3.63) is 76.4 Å². The molecule has 30 heavy (non-hydrogen) atoms. The van der Waals surface area contributed by atoms with E-state index in [1.54, 1.807) is 42.5 Å². The number of hydrogen-bond donors (Lipinski definition) is 3. The lowest BCUT2D eigenvalue weighted by atomic mass is 10.2. The maximum Gasteiger partial charge on any atom is 0.328 e. The Labute approximate surface area is 182 Å². The Kier molecular flexibility index (Phi) is 6.44. The number of amides is 3. The Morgan fingerprint density at radius 1 is 1.07 bits per heavy atom. The monoisotopic (exact) mass is 444 g/mol. The van der Waals surface area contributed by atoms with E-state index in [-0.39, 0.29) is 12.2 Å². The zero-order valence-corrected chi connectivity index (χ0v) is 17.5. The van der Waals surface area contributed by atoms with E-state index in [1.807, 2.05) is 6.92 Å². The van der Waals surface area contributed by atoms with E-state index in [9.17, 15) is 14.4 Å². The van der Waals surface area contributed by atoms with Gasteiger partial charge in [-0.1, -0.05) is 35.3 Å². The first-order chi connectivity index (χ1) is 14.3. The highest BCUT2D eigenvalue weighted by atomic mass is 35.5. The highest BCUT2D eigenvalue weighted by Gasteiger charge is 2.21. The molecule has 154 valence electrons. The molecular formula is C21H18Cl2N4O3. The Morgan fingerprint density at radius 3 is 2.53 bits per heavy atom. The molecule has 9 heteroatoms. The van der Waals surface area contributed by atoms with Crippen LogP contribution in [-0.4, -0.2) is 28.9 Å². The maximum absolute atomic E-state index is 12.9. The molecule has 0 aliphatic rings. The van der Waals surface area contributed by atoms with Crippen molar-refractivity contribution < 1.29 is 14.4 Å². The van der Waals surface area contributed by atoms with Crippen LogP contribution in [0.3, 0.4) is 0 Å². The predicted molar refractivity (Wildman–Crippen MR) is 119 cm³/mol. The number of rotatable bonds is 5. The molecule has 0 fully saturated rings. The molecule has 2 aromatic carbocycles. The minimum absolute atomic E-state index is 0.105. The second-order valence-corrected chi connectivity index (χ2v) is 7.27. The van der Waals surface area contributed by atoms with E-state index in [4.69, 9.17) is 23.2 Å². The van der Waals surface area contributed by atoms with Crippen molar-refractivity contribution in [1.82, 2.24) is 9.99 Å². The zero-order valence-electron chi connectivity index (χ0n) is 16.0. The summed E-state index contributed by atoms with van der Waals surface area (Å²) in [6.45, 7) is 5.46. The number of nitrogens with one attached hydrogen (secondary N) is 3. The molecule has 1 aromatic heterocycles. The third-order valence-electron chi connectivity index (χ3n) is 4.25. The van der Waals surface area contributed by atoms with Crippen LogP contribution < -0.4 is 16.1 Å². The normalized spacial score (nSPS) is 10.5. The molecule has 0 aliphatic heterocycles. The van der Waals surface area contributed by atoms with Gasteiger partial charge in [0.15, 0.2) is 0 Å². The minimum Gasteiger partial charge on any atom is -0.344 e. The molecule has 0 bridgehead atoms. The average molecular weight is 445 g/mol. The average Bonchev–Trinajstić information content (AvgIpc) is 3.06. The smallest absolute Gasteiger partial charge is 0.328 e. The molecule has 3 aromatic rings. The van der Waals surface area contributed by atoms with E-state index in [2.05, 4.69) is 22.6 Å². The summed E-state index contributed by atoms with van der Waals surface area (Å²) in [6.07, 6.45) is 1.45. The van der Waals surface area contributed by atoms with Crippen LogP contribution in [0.1, 0.15) is 16.1 Å². The standard InChI is InChI=1S/C21H18Cl2N4O3/c1-3-8-24-20(29)21(30)26-27-17-7-5-14(22)9-13(17)10-18(27)19(28)25-15-6-4-12(2)16(23)11-15/h3-7,9-11H,1,8H2,2H3,(H,24,29)(H,25,28)(H,26,30). The molecule has 7 nitrogen and oxygen atoms in total. The van der Waals surface area contributed by atoms with E-state index in [0.29, 0.717) is 26.6 Å². The van der Waals surface area contributed by atoms with Gasteiger partial charge in [-0.05, 0) is 48.9 Å². The Bertz CT molecular complexity index is 1170. The summed E-state index contributed by atoms with van der Waals surface area (Å²) in [6, 6.07) is 11.6. The van der Waals surface area contributed by atoms with E-state index in [1.165, 1.54) is 10.8 Å². The van der Waals surface area contributed by atoms with Crippen molar-refractivity contribution in [2.45, 2.75) is 6.92 Å². The number of carbonyl (C=O) groups is 3. The zero-order chi connectivity index (χ0) is 21.8. The topological polar surface area (TPSA) is 92.2 Å². The highest BCUT2D eigenvalue weighted by Crippen LogP contribution is 2.25. The van der Waals surface area contributed by atoms with Gasteiger partial charge in [-0.15, -0.1) is 6.58 Å². The number of halogens is 2. The van der Waals surface area contributed by atoms with Crippen LogP contribution >= 0.6 is 23.2 Å². The molecule has 0 atom stereocenters. The van der Waals surface area contributed by atoms with Gasteiger partial charge in [-0.3, -0.25) is 19.8 Å². The molecule has 0 aliphatic carbocycles. The number of hydrogen-bond acceptors (Lipinski definition) is 3. The van der Waals surface area contributed by atoms with Gasteiger partial charge in [-0.2, -0.15) is 0 Å². The Balaban J connectivity index is 1.96. The van der Waals surface area contributed by atoms with Gasteiger partial charge >= 0.3 is 11.8 Å². The van der Waals surface area contributed by atoms with Gasteiger partial charge in [0.2, 0.25) is 0 Å². The van der Waals surface area contributed by atoms with Gasteiger partial charge in [0.1, 0.15) is 5.69 Å². The highest BCUT2D eigenvalue weighted by molar-refractivity contribution is 6.38. The third-order valence-corrected chi connectivity index (χ3v) is 4.89. The molecular weight excluding hydrogens is 427 g/mol. The summed E-state index contributed by atoms with van der Waals surface area (Å²) in [7, 11) is 0. The fourth-order valence-corrected chi connectivity index (χ4v) is 3.10. The van der Waals surface area contributed by atoms with E-state index >= 15 is 0 Å². The number of carbonyl (C=O) groups excluding carboxylic acids is 3. The van der Waals surface area contributed by atoms with Crippen LogP contribution in [-0.2, 0) is 9.59 Å². The van der Waals surface area contributed by atoms with Gasteiger partial charge in [0, 0.05) is 27.7 Å². The first-order valence-electron chi connectivity index (χ1n) is 8.88. The third kappa shape index (κ3) is 4.64. The molecule has 3 rings (SSSR count). The number of fused-ring (bicyclic) bond motifs is 1. The predicted octanol–water partition coefficient (Wildman–Crippen LogP) is 3.88. The van der Waals surface area contributed by atoms with Crippen molar-refractivity contribution >= 4 is 57.5 Å². The first-order valence-corrected chi connectivity index (χ1v) is 9.64. The van der Waals surface area contributed by atoms with Crippen LogP contribution in [0.4, 0.5) is 5.69 Å². The van der Waals surface area contributed by atoms with Gasteiger partial charge in [0.25, 0.3) is 5.91 Å². The summed E-state index contributed by atoms with van der Waals surface area (Å²) in [4.78, 5) is 37.2. The lowest BCUT2D eigenvalue weighted by Crippen LogP contribution is -2.39. The van der Waals surface area contributed by atoms with Crippen LogP contribution in [0.2, 0.25) is 10.0 Å². The van der Waals surface area contributed by atoms with Crippen LogP contribution in [0.5, 0.6) is 0 Å². The molecule has 0 radical (unpaired) electrons. The maximum atomic E-state index is 12.9. The Morgan fingerprint density at radius 2 is 1.83 bits per heavy atom. The van der Waals surface area contributed by atoms with Crippen molar-refractivity contribution in [3.8, 4) is 0 Å². The van der Waals surface area contributed by atoms with Crippen LogP contribution in [0.25, 0.3) is 10.9 Å². The van der Waals surface area contributed by atoms with Gasteiger partial charge in [0.05, 0.1) is 5.52 Å². The first kappa shape index (κ1) is 21.4. The largest absolute Gasteiger partial charge is 0.344 e. The number of benzene rings is 2. The summed E-state index contributed by atoms with van der Waals surface area (Å²) < 4.78 is 1.24. The second kappa shape index (κ2) is 9.02. The molecule has 3 N–H and O–H groups in total. The lowest BCUT2D eigenvalue weighted by molar-refractivity contribution is -0.136. The lowest BCUT2D eigenvalue weighted by Gasteiger charge is -2.13. The molecule has 0 saturated heterocycles. The molecule has 3 amide bonds. The van der Waals surface area contributed by atoms with Gasteiger partial charge in [-0.25, -0.2) is 4.68 Å². The van der Waals surface area contributed by atoms with Crippen molar-refractivity contribution in [2.75, 3.05) is 17.3 Å². The SMILES string of the molecule is C=CCNC(=O)C(=O)Nn1c(C(=O)Nc2ccc(C)c(Cl)c2)cc2cc(Cl)ccc21. The Hall–Kier alpha value is -3.29. The summed E-state index contributed by atoms with van der Waals surface area (Å²) >= 11 is 12.2. The number of nitrogens with zero attached hydrogens (tertiary/aromatic N) is 1. The molecule has 0 spiro atoms. The number of anilines is 1. The molecule has 1 heterocycles. The number of aryl methyl sites for hydroxylation is 1. The van der Waals surface area contributed by atoms with Crippen LogP contribution in [0, 0.1) is 6.92 Å². The fourth-order valence-electron chi connectivity index (χ4n) is 2.74. The second-order valence-electron chi connectivity index (χ2n) is 6.43. The summed E-state index contributed by atoms with van der Waals surface area (Å²) in [5.41, 5.74) is 4.41.